The highest BCUT2D eigenvalue weighted by Crippen LogP contribution is 2.29. The van der Waals surface area contributed by atoms with Gasteiger partial charge in [0.1, 0.15) is 5.82 Å². The van der Waals surface area contributed by atoms with E-state index in [9.17, 15) is 4.39 Å². The zero-order valence-corrected chi connectivity index (χ0v) is 14.1. The second kappa shape index (κ2) is 7.07. The third-order valence-electron chi connectivity index (χ3n) is 5.24. The Bertz CT molecular complexity index is 466. The minimum Gasteiger partial charge on any atom is -0.381 e. The molecule has 1 N–H and O–H groups in total. The lowest BCUT2D eigenvalue weighted by atomic mass is 9.78. The van der Waals surface area contributed by atoms with Crippen molar-refractivity contribution in [2.75, 3.05) is 26.9 Å². The van der Waals surface area contributed by atoms with E-state index < -0.39 is 0 Å². The molecule has 1 aromatic rings. The summed E-state index contributed by atoms with van der Waals surface area (Å²) in [5.41, 5.74) is 0.909. The van der Waals surface area contributed by atoms with Crippen molar-refractivity contribution >= 4 is 0 Å². The van der Waals surface area contributed by atoms with E-state index in [0.29, 0.717) is 0 Å². The molecule has 3 nitrogen and oxygen atoms in total. The highest BCUT2D eigenvalue weighted by atomic mass is 19.1. The first-order chi connectivity index (χ1) is 10.4. The Hall–Kier alpha value is -0.970. The molecule has 1 fully saturated rings. The fraction of sp³-hybridized carbons (Fsp3) is 0.667. The third-order valence-corrected chi connectivity index (χ3v) is 5.24. The second-order valence-electron chi connectivity index (χ2n) is 6.83. The molecule has 2 rings (SSSR count). The molecule has 1 aliphatic heterocycles. The molecule has 1 atom stereocenters. The van der Waals surface area contributed by atoms with Crippen LogP contribution in [0, 0.1) is 5.82 Å². The lowest BCUT2D eigenvalue weighted by molar-refractivity contribution is -0.0891. The van der Waals surface area contributed by atoms with E-state index in [1.54, 1.807) is 7.11 Å². The van der Waals surface area contributed by atoms with Crippen molar-refractivity contribution in [2.45, 2.75) is 50.7 Å². The van der Waals surface area contributed by atoms with Gasteiger partial charge in [-0.05, 0) is 24.6 Å². The summed E-state index contributed by atoms with van der Waals surface area (Å²) in [4.78, 5) is 0. The van der Waals surface area contributed by atoms with Crippen LogP contribution in [0.3, 0.4) is 0 Å². The van der Waals surface area contributed by atoms with Gasteiger partial charge in [-0.3, -0.25) is 0 Å². The molecule has 1 heterocycles. The van der Waals surface area contributed by atoms with Gasteiger partial charge in [0.05, 0.1) is 5.60 Å². The van der Waals surface area contributed by atoms with Gasteiger partial charge in [0, 0.05) is 51.2 Å². The number of halogens is 1. The van der Waals surface area contributed by atoms with Crippen LogP contribution in [0.2, 0.25) is 0 Å². The van der Waals surface area contributed by atoms with Crippen molar-refractivity contribution in [2.24, 2.45) is 0 Å². The van der Waals surface area contributed by atoms with E-state index in [1.165, 1.54) is 12.1 Å². The maximum atomic E-state index is 13.1. The van der Waals surface area contributed by atoms with Gasteiger partial charge in [-0.15, -0.1) is 0 Å². The summed E-state index contributed by atoms with van der Waals surface area (Å²) < 4.78 is 24.3. The lowest BCUT2D eigenvalue weighted by Gasteiger charge is -2.40. The molecule has 4 heteroatoms. The minimum atomic E-state index is -0.194. The van der Waals surface area contributed by atoms with Gasteiger partial charge in [0.2, 0.25) is 0 Å². The van der Waals surface area contributed by atoms with E-state index in [1.807, 2.05) is 12.1 Å². The summed E-state index contributed by atoms with van der Waals surface area (Å²) in [7, 11) is 1.78. The Labute approximate surface area is 133 Å². The lowest BCUT2D eigenvalue weighted by Crippen LogP contribution is -2.52. The minimum absolute atomic E-state index is 0.0895. The van der Waals surface area contributed by atoms with Crippen molar-refractivity contribution < 1.29 is 13.9 Å². The maximum Gasteiger partial charge on any atom is 0.123 e. The van der Waals surface area contributed by atoms with Crippen molar-refractivity contribution in [1.82, 2.24) is 5.32 Å². The monoisotopic (exact) mass is 309 g/mol. The maximum absolute atomic E-state index is 13.1. The molecule has 0 aromatic heterocycles. The number of ether oxygens (including phenoxy) is 2. The van der Waals surface area contributed by atoms with E-state index >= 15 is 0 Å². The van der Waals surface area contributed by atoms with Crippen molar-refractivity contribution in [3.05, 3.63) is 35.6 Å². The summed E-state index contributed by atoms with van der Waals surface area (Å²) in [6, 6.07) is 7.03. The molecule has 0 spiro atoms. The van der Waals surface area contributed by atoms with Gasteiger partial charge in [0.15, 0.2) is 0 Å². The van der Waals surface area contributed by atoms with Gasteiger partial charge in [-0.25, -0.2) is 4.39 Å². The molecule has 0 amide bonds. The summed E-state index contributed by atoms with van der Waals surface area (Å²) in [6.07, 6.45) is 1.83. The number of methoxy groups -OCH3 is 1. The zero-order valence-electron chi connectivity index (χ0n) is 14.1. The highest BCUT2D eigenvalue weighted by Gasteiger charge is 2.35. The van der Waals surface area contributed by atoms with Crippen molar-refractivity contribution in [3.63, 3.8) is 0 Å². The SMILES string of the molecule is COC1(CNC(C)C(C)(C)c2ccc(F)cc2)CCOCC1. The number of hydrogen-bond acceptors (Lipinski definition) is 3. The predicted molar refractivity (Wildman–Crippen MR) is 86.7 cm³/mol. The summed E-state index contributed by atoms with van der Waals surface area (Å²) in [5, 5.41) is 3.62. The quantitative estimate of drug-likeness (QED) is 0.875. The van der Waals surface area contributed by atoms with E-state index in [0.717, 1.165) is 38.2 Å². The molecule has 1 aromatic carbocycles. The van der Waals surface area contributed by atoms with E-state index in [2.05, 4.69) is 26.1 Å². The first kappa shape index (κ1) is 17.4. The Balaban J connectivity index is 2.00. The standard InChI is InChI=1S/C18H28FNO2/c1-14(17(2,3)15-5-7-16(19)8-6-15)20-13-18(21-4)9-11-22-12-10-18/h5-8,14,20H,9-13H2,1-4H3. The molecular formula is C18H28FNO2. The molecule has 0 aliphatic carbocycles. The molecule has 1 saturated heterocycles. The average molecular weight is 309 g/mol. The molecule has 0 bridgehead atoms. The zero-order chi connectivity index (χ0) is 16.2. The van der Waals surface area contributed by atoms with Crippen LogP contribution in [0.1, 0.15) is 39.2 Å². The van der Waals surface area contributed by atoms with Crippen LogP contribution in [0.5, 0.6) is 0 Å². The highest BCUT2D eigenvalue weighted by molar-refractivity contribution is 5.26. The van der Waals surface area contributed by atoms with Crippen LogP contribution in [-0.2, 0) is 14.9 Å². The van der Waals surface area contributed by atoms with E-state index in [-0.39, 0.29) is 22.9 Å². The Kier molecular flexibility index (Phi) is 5.59. The molecule has 22 heavy (non-hydrogen) atoms. The summed E-state index contributed by atoms with van der Waals surface area (Å²) in [5.74, 6) is -0.194. The van der Waals surface area contributed by atoms with Gasteiger partial charge in [-0.2, -0.15) is 0 Å². The predicted octanol–water partition coefficient (Wildman–Crippen LogP) is 3.28. The Morgan fingerprint density at radius 3 is 2.41 bits per heavy atom. The second-order valence-corrected chi connectivity index (χ2v) is 6.83. The van der Waals surface area contributed by atoms with Crippen LogP contribution >= 0.6 is 0 Å². The number of benzene rings is 1. The van der Waals surface area contributed by atoms with E-state index in [4.69, 9.17) is 9.47 Å². The summed E-state index contributed by atoms with van der Waals surface area (Å²) >= 11 is 0. The van der Waals surface area contributed by atoms with Crippen LogP contribution in [0.15, 0.2) is 24.3 Å². The Morgan fingerprint density at radius 2 is 1.86 bits per heavy atom. The number of hydrogen-bond donors (Lipinski definition) is 1. The Morgan fingerprint density at radius 1 is 1.27 bits per heavy atom. The molecule has 124 valence electrons. The fourth-order valence-electron chi connectivity index (χ4n) is 2.92. The average Bonchev–Trinajstić information content (AvgIpc) is 2.54. The van der Waals surface area contributed by atoms with Gasteiger partial charge < -0.3 is 14.8 Å². The molecule has 0 saturated carbocycles. The van der Waals surface area contributed by atoms with Crippen LogP contribution in [0.4, 0.5) is 4.39 Å². The number of nitrogens with one attached hydrogen (secondary N) is 1. The molecule has 1 unspecified atom stereocenters. The summed E-state index contributed by atoms with van der Waals surface area (Å²) in [6.45, 7) is 8.85. The van der Waals surface area contributed by atoms with Gasteiger partial charge >= 0.3 is 0 Å². The van der Waals surface area contributed by atoms with Crippen LogP contribution in [0.25, 0.3) is 0 Å². The van der Waals surface area contributed by atoms with Gasteiger partial charge in [-0.1, -0.05) is 26.0 Å². The molecule has 0 radical (unpaired) electrons. The van der Waals surface area contributed by atoms with Crippen molar-refractivity contribution in [1.29, 1.82) is 0 Å². The van der Waals surface area contributed by atoms with Crippen LogP contribution in [-0.4, -0.2) is 38.5 Å². The first-order valence-corrected chi connectivity index (χ1v) is 8.02. The largest absolute Gasteiger partial charge is 0.381 e. The normalized spacial score (nSPS) is 19.9. The molecule has 1 aliphatic rings. The first-order valence-electron chi connectivity index (χ1n) is 8.02. The topological polar surface area (TPSA) is 30.5 Å². The van der Waals surface area contributed by atoms with Crippen molar-refractivity contribution in [3.8, 4) is 0 Å². The third kappa shape index (κ3) is 3.86. The molecular weight excluding hydrogens is 281 g/mol. The van der Waals surface area contributed by atoms with Crippen LogP contribution < -0.4 is 5.32 Å². The van der Waals surface area contributed by atoms with Gasteiger partial charge in [0.25, 0.3) is 0 Å². The smallest absolute Gasteiger partial charge is 0.123 e. The number of rotatable bonds is 6. The fourth-order valence-corrected chi connectivity index (χ4v) is 2.92.